The van der Waals surface area contributed by atoms with Gasteiger partial charge in [0.05, 0.1) is 27.9 Å². The summed E-state index contributed by atoms with van der Waals surface area (Å²) in [6.45, 7) is 1.72. The van der Waals surface area contributed by atoms with E-state index in [4.69, 9.17) is 4.74 Å². The number of hydrogen-bond acceptors (Lipinski definition) is 5. The molecular formula is C38H29N3O5. The number of carbonyl (C=O) groups is 2. The number of carbonyl (C=O) groups excluding carboxylic acids is 2. The van der Waals surface area contributed by atoms with Crippen LogP contribution in [0.1, 0.15) is 46.4 Å². The van der Waals surface area contributed by atoms with Crippen LogP contribution in [0, 0.1) is 10.1 Å². The second kappa shape index (κ2) is 11.5. The van der Waals surface area contributed by atoms with Crippen molar-refractivity contribution in [2.24, 2.45) is 0 Å². The lowest BCUT2D eigenvalue weighted by Crippen LogP contribution is -2.55. The molecule has 0 N–H and O–H groups in total. The number of nitro benzene ring substituents is 1. The fraction of sp³-hybridized carbons (Fsp3) is 0.105. The van der Waals surface area contributed by atoms with Gasteiger partial charge in [-0.3, -0.25) is 29.5 Å². The smallest absolute Gasteiger partial charge is 0.269 e. The fourth-order valence-electron chi connectivity index (χ4n) is 6.48. The maximum absolute atomic E-state index is 14.8. The van der Waals surface area contributed by atoms with E-state index in [1.807, 2.05) is 97.1 Å². The van der Waals surface area contributed by atoms with Gasteiger partial charge in [0.15, 0.2) is 0 Å². The zero-order valence-electron chi connectivity index (χ0n) is 24.9. The van der Waals surface area contributed by atoms with E-state index in [2.05, 4.69) is 0 Å². The second-order valence-corrected chi connectivity index (χ2v) is 11.3. The molecule has 2 amide bonds. The van der Waals surface area contributed by atoms with Crippen molar-refractivity contribution in [3.63, 3.8) is 0 Å². The molecule has 0 saturated heterocycles. The number of nitro groups is 1. The van der Waals surface area contributed by atoms with E-state index in [9.17, 15) is 19.7 Å². The standard InChI is InChI=1S/C38H29N3O5/c1-26-35(28-16-7-3-8-17-28)46-38(30-20-13-21-31(24-30)41(44)45)25-34(27-14-5-2-6-15-27)39(37(43)29-18-9-4-10-19-29)32-22-11-12-23-33(32)40(38)36(26)42/h2-24,34H,25H2,1H3/t34-,38-/m0/s1. The Kier molecular flexibility index (Phi) is 7.17. The molecule has 0 aromatic heterocycles. The van der Waals surface area contributed by atoms with E-state index in [1.54, 1.807) is 47.1 Å². The van der Waals surface area contributed by atoms with E-state index in [0.29, 0.717) is 39.4 Å². The van der Waals surface area contributed by atoms with Crippen LogP contribution in [-0.4, -0.2) is 16.7 Å². The second-order valence-electron chi connectivity index (χ2n) is 11.3. The molecule has 0 spiro atoms. The molecule has 2 aliphatic rings. The van der Waals surface area contributed by atoms with Gasteiger partial charge in [0.25, 0.3) is 17.5 Å². The minimum atomic E-state index is -1.59. The average Bonchev–Trinajstić information content (AvgIpc) is 3.24. The monoisotopic (exact) mass is 607 g/mol. The first kappa shape index (κ1) is 28.7. The molecule has 0 aliphatic carbocycles. The molecule has 0 saturated carbocycles. The Hall–Kier alpha value is -6.02. The van der Waals surface area contributed by atoms with Crippen LogP contribution in [0.3, 0.4) is 0 Å². The van der Waals surface area contributed by atoms with Crippen LogP contribution in [0.2, 0.25) is 0 Å². The molecule has 2 aliphatic heterocycles. The zero-order valence-corrected chi connectivity index (χ0v) is 24.9. The van der Waals surface area contributed by atoms with Crippen LogP contribution in [-0.2, 0) is 15.3 Å². The predicted octanol–water partition coefficient (Wildman–Crippen LogP) is 8.03. The molecule has 5 aromatic carbocycles. The SMILES string of the molecule is CC1=C(c2ccccc2)O[C@]2(c3cccc([N+](=O)[O-])c3)C[C@@H](c3ccccc3)N(C(=O)c3ccccc3)c3ccccc3N2C1=O. The molecule has 8 heteroatoms. The van der Waals surface area contributed by atoms with E-state index in [1.165, 1.54) is 12.1 Å². The highest BCUT2D eigenvalue weighted by Crippen LogP contribution is 2.55. The molecule has 46 heavy (non-hydrogen) atoms. The maximum atomic E-state index is 14.8. The van der Waals surface area contributed by atoms with E-state index < -0.39 is 16.7 Å². The molecule has 0 unspecified atom stereocenters. The number of amides is 2. The van der Waals surface area contributed by atoms with Crippen molar-refractivity contribution in [1.82, 2.24) is 0 Å². The quantitative estimate of drug-likeness (QED) is 0.149. The van der Waals surface area contributed by atoms with Crippen LogP contribution in [0.5, 0.6) is 0 Å². The van der Waals surface area contributed by atoms with Gasteiger partial charge in [-0.2, -0.15) is 0 Å². The fourth-order valence-corrected chi connectivity index (χ4v) is 6.48. The van der Waals surface area contributed by atoms with Gasteiger partial charge in [-0.25, -0.2) is 0 Å². The van der Waals surface area contributed by atoms with Gasteiger partial charge in [0.1, 0.15) is 5.76 Å². The summed E-state index contributed by atoms with van der Waals surface area (Å²) in [4.78, 5) is 44.3. The summed E-state index contributed by atoms with van der Waals surface area (Å²) in [5, 5.41) is 12.1. The first-order chi connectivity index (χ1) is 22.4. The number of ether oxygens (including phenoxy) is 1. The zero-order chi connectivity index (χ0) is 31.8. The lowest BCUT2D eigenvalue weighted by atomic mass is 9.87. The average molecular weight is 608 g/mol. The first-order valence-electron chi connectivity index (χ1n) is 15.0. The van der Waals surface area contributed by atoms with E-state index >= 15 is 0 Å². The summed E-state index contributed by atoms with van der Waals surface area (Å²) in [6.07, 6.45) is 0.0702. The van der Waals surface area contributed by atoms with Crippen molar-refractivity contribution in [2.45, 2.75) is 25.1 Å². The normalized spacial score (nSPS) is 19.1. The summed E-state index contributed by atoms with van der Waals surface area (Å²) in [6, 6.07) is 40.8. The number of rotatable bonds is 5. The topological polar surface area (TPSA) is 93.0 Å². The van der Waals surface area contributed by atoms with Gasteiger partial charge in [0.2, 0.25) is 5.72 Å². The third-order valence-electron chi connectivity index (χ3n) is 8.63. The summed E-state index contributed by atoms with van der Waals surface area (Å²) >= 11 is 0. The van der Waals surface area contributed by atoms with Crippen LogP contribution in [0.25, 0.3) is 5.76 Å². The molecule has 226 valence electrons. The number of non-ortho nitro benzene ring substituents is 1. The number of hydrogen-bond donors (Lipinski definition) is 0. The Morgan fingerprint density at radius 2 is 1.41 bits per heavy atom. The Morgan fingerprint density at radius 1 is 0.804 bits per heavy atom. The Labute approximate surface area is 265 Å². The van der Waals surface area contributed by atoms with Gasteiger partial charge in [-0.15, -0.1) is 0 Å². The van der Waals surface area contributed by atoms with Crippen LogP contribution < -0.4 is 9.80 Å². The molecule has 0 bridgehead atoms. The lowest BCUT2D eigenvalue weighted by Gasteiger charge is -2.47. The van der Waals surface area contributed by atoms with Gasteiger partial charge in [-0.05, 0) is 36.8 Å². The van der Waals surface area contributed by atoms with Crippen LogP contribution >= 0.6 is 0 Å². The maximum Gasteiger partial charge on any atom is 0.269 e. The van der Waals surface area contributed by atoms with Crippen molar-refractivity contribution in [3.8, 4) is 0 Å². The van der Waals surface area contributed by atoms with Gasteiger partial charge >= 0.3 is 0 Å². The molecule has 7 rings (SSSR count). The third kappa shape index (κ3) is 4.71. The first-order valence-corrected chi connectivity index (χ1v) is 15.0. The van der Waals surface area contributed by atoms with Gasteiger partial charge in [-0.1, -0.05) is 103 Å². The largest absolute Gasteiger partial charge is 0.462 e. The number of nitrogens with zero attached hydrogens (tertiary/aromatic N) is 3. The number of benzene rings is 5. The highest BCUT2D eigenvalue weighted by Gasteiger charge is 2.55. The van der Waals surface area contributed by atoms with Crippen molar-refractivity contribution < 1.29 is 19.2 Å². The van der Waals surface area contributed by atoms with Crippen molar-refractivity contribution >= 4 is 34.6 Å². The van der Waals surface area contributed by atoms with Gasteiger partial charge < -0.3 is 4.74 Å². The summed E-state index contributed by atoms with van der Waals surface area (Å²) < 4.78 is 7.11. The minimum absolute atomic E-state index is 0.0702. The highest BCUT2D eigenvalue weighted by molar-refractivity contribution is 6.15. The minimum Gasteiger partial charge on any atom is -0.462 e. The number of fused-ring (bicyclic) bond motifs is 3. The molecular weight excluding hydrogens is 578 g/mol. The highest BCUT2D eigenvalue weighted by atomic mass is 16.6. The van der Waals surface area contributed by atoms with E-state index in [0.717, 1.165) is 5.56 Å². The Balaban J connectivity index is 1.56. The van der Waals surface area contributed by atoms with Crippen molar-refractivity contribution in [3.05, 3.63) is 177 Å². The van der Waals surface area contributed by atoms with Crippen LogP contribution in [0.15, 0.2) is 145 Å². The van der Waals surface area contributed by atoms with E-state index in [-0.39, 0.29) is 23.9 Å². The predicted molar refractivity (Wildman–Crippen MR) is 176 cm³/mol. The molecule has 5 aromatic rings. The molecule has 0 radical (unpaired) electrons. The lowest BCUT2D eigenvalue weighted by molar-refractivity contribution is -0.385. The summed E-state index contributed by atoms with van der Waals surface area (Å²) in [7, 11) is 0. The molecule has 8 nitrogen and oxygen atoms in total. The number of anilines is 2. The molecule has 2 heterocycles. The molecule has 2 atom stereocenters. The van der Waals surface area contributed by atoms with Gasteiger partial charge in [0, 0.05) is 35.2 Å². The number of para-hydroxylation sites is 2. The Morgan fingerprint density at radius 3 is 2.09 bits per heavy atom. The summed E-state index contributed by atoms with van der Waals surface area (Å²) in [5.74, 6) is -0.207. The van der Waals surface area contributed by atoms with Crippen molar-refractivity contribution in [2.75, 3.05) is 9.80 Å². The summed E-state index contributed by atoms with van der Waals surface area (Å²) in [5.41, 5.74) is 2.03. The van der Waals surface area contributed by atoms with Crippen molar-refractivity contribution in [1.29, 1.82) is 0 Å². The Bertz CT molecular complexity index is 2000. The third-order valence-corrected chi connectivity index (χ3v) is 8.63. The van der Waals surface area contributed by atoms with Crippen LogP contribution in [0.4, 0.5) is 17.1 Å². The molecule has 0 fully saturated rings.